The van der Waals surface area contributed by atoms with Gasteiger partial charge in [-0.25, -0.2) is 9.97 Å². The Labute approximate surface area is 167 Å². The summed E-state index contributed by atoms with van der Waals surface area (Å²) in [4.78, 5) is 25.5. The summed E-state index contributed by atoms with van der Waals surface area (Å²) < 4.78 is 0. The van der Waals surface area contributed by atoms with E-state index in [-0.39, 0.29) is 11.4 Å². The lowest BCUT2D eigenvalue weighted by atomic mass is 10.1. The predicted molar refractivity (Wildman–Crippen MR) is 113 cm³/mol. The Kier molecular flexibility index (Phi) is 6.41. The van der Waals surface area contributed by atoms with Crippen molar-refractivity contribution >= 4 is 17.8 Å². The number of carbonyl (C=O) groups excluding carboxylic acids is 1. The van der Waals surface area contributed by atoms with E-state index in [1.54, 1.807) is 12.4 Å². The highest BCUT2D eigenvalue weighted by Crippen LogP contribution is 2.12. The summed E-state index contributed by atoms with van der Waals surface area (Å²) in [5.41, 5.74) is 1.52. The van der Waals surface area contributed by atoms with Crippen LogP contribution in [-0.4, -0.2) is 63.9 Å². The second kappa shape index (κ2) is 8.97. The number of amides is 1. The van der Waals surface area contributed by atoms with Crippen molar-refractivity contribution in [3.63, 3.8) is 0 Å². The number of piperazine rings is 1. The number of nitrogens with zero attached hydrogens (tertiary/aromatic N) is 4. The Morgan fingerprint density at radius 2 is 1.79 bits per heavy atom. The molecule has 1 fully saturated rings. The molecule has 1 N–H and O–H groups in total. The summed E-state index contributed by atoms with van der Waals surface area (Å²) in [6.45, 7) is 10.2. The van der Waals surface area contributed by atoms with Crippen molar-refractivity contribution in [2.45, 2.75) is 26.3 Å². The lowest BCUT2D eigenvalue weighted by Gasteiger charge is -2.34. The zero-order chi connectivity index (χ0) is 20.0. The summed E-state index contributed by atoms with van der Waals surface area (Å²) in [7, 11) is 0. The maximum absolute atomic E-state index is 12.7. The Morgan fingerprint density at radius 3 is 2.39 bits per heavy atom. The van der Waals surface area contributed by atoms with Gasteiger partial charge in [-0.3, -0.25) is 9.69 Å². The number of aromatic nitrogens is 2. The summed E-state index contributed by atoms with van der Waals surface area (Å²) in [5.74, 6) is 0.633. The van der Waals surface area contributed by atoms with Crippen molar-refractivity contribution in [3.8, 4) is 0 Å². The Bertz CT molecular complexity index is 788. The highest BCUT2D eigenvalue weighted by molar-refractivity contribution is 5.92. The minimum atomic E-state index is -0.0918. The fraction of sp³-hybridized carbons (Fsp3) is 0.409. The lowest BCUT2D eigenvalue weighted by molar-refractivity contribution is 0.0644. The van der Waals surface area contributed by atoms with Gasteiger partial charge in [0.1, 0.15) is 11.5 Å². The standard InChI is InChI=1S/C22H29N5O/c1-22(2,3)25-20-17-23-19(16-24-20)21(28)27-14-12-26(13-15-27)11-7-10-18-8-5-4-6-9-18/h4-10,16-17H,11-15H2,1-3H3,(H,24,25)/b10-7+. The van der Waals surface area contributed by atoms with Gasteiger partial charge in [-0.2, -0.15) is 0 Å². The molecule has 28 heavy (non-hydrogen) atoms. The van der Waals surface area contributed by atoms with Crippen LogP contribution in [0.5, 0.6) is 0 Å². The van der Waals surface area contributed by atoms with Crippen LogP contribution >= 0.6 is 0 Å². The molecule has 0 radical (unpaired) electrons. The molecule has 0 unspecified atom stereocenters. The summed E-state index contributed by atoms with van der Waals surface area (Å²) >= 11 is 0. The van der Waals surface area contributed by atoms with Crippen LogP contribution in [0.15, 0.2) is 48.8 Å². The smallest absolute Gasteiger partial charge is 0.274 e. The first-order valence-electron chi connectivity index (χ1n) is 9.74. The zero-order valence-corrected chi connectivity index (χ0v) is 16.9. The van der Waals surface area contributed by atoms with Gasteiger partial charge in [-0.15, -0.1) is 0 Å². The molecule has 0 bridgehead atoms. The monoisotopic (exact) mass is 379 g/mol. The normalized spacial score (nSPS) is 15.8. The summed E-state index contributed by atoms with van der Waals surface area (Å²) in [6, 6.07) is 10.3. The van der Waals surface area contributed by atoms with Crippen LogP contribution in [0.1, 0.15) is 36.8 Å². The average molecular weight is 380 g/mol. The van der Waals surface area contributed by atoms with E-state index < -0.39 is 0 Å². The minimum absolute atomic E-state index is 0.0470. The number of hydrogen-bond acceptors (Lipinski definition) is 5. The van der Waals surface area contributed by atoms with E-state index in [2.05, 4.69) is 65.2 Å². The Morgan fingerprint density at radius 1 is 1.07 bits per heavy atom. The van der Waals surface area contributed by atoms with Crippen LogP contribution in [0, 0.1) is 0 Å². The van der Waals surface area contributed by atoms with Crippen LogP contribution in [0.25, 0.3) is 6.08 Å². The van der Waals surface area contributed by atoms with Crippen LogP contribution < -0.4 is 5.32 Å². The third-order valence-corrected chi connectivity index (χ3v) is 4.51. The van der Waals surface area contributed by atoms with Crippen molar-refractivity contribution < 1.29 is 4.79 Å². The number of nitrogens with one attached hydrogen (secondary N) is 1. The second-order valence-electron chi connectivity index (χ2n) is 8.07. The minimum Gasteiger partial charge on any atom is -0.364 e. The third-order valence-electron chi connectivity index (χ3n) is 4.51. The Balaban J connectivity index is 1.47. The highest BCUT2D eigenvalue weighted by Gasteiger charge is 2.23. The molecule has 2 aromatic rings. The van der Waals surface area contributed by atoms with E-state index in [1.807, 2.05) is 23.1 Å². The SMILES string of the molecule is CC(C)(C)Nc1cnc(C(=O)N2CCN(C/C=C/c3ccccc3)CC2)cn1. The van der Waals surface area contributed by atoms with Gasteiger partial charge in [0.15, 0.2) is 0 Å². The Hall–Kier alpha value is -2.73. The van der Waals surface area contributed by atoms with Gasteiger partial charge in [0.2, 0.25) is 0 Å². The van der Waals surface area contributed by atoms with Gasteiger partial charge in [-0.05, 0) is 26.3 Å². The van der Waals surface area contributed by atoms with E-state index in [0.29, 0.717) is 24.6 Å². The molecular weight excluding hydrogens is 350 g/mol. The molecule has 6 heteroatoms. The van der Waals surface area contributed by atoms with E-state index in [4.69, 9.17) is 0 Å². The molecule has 0 spiro atoms. The fourth-order valence-electron chi connectivity index (χ4n) is 3.08. The maximum atomic E-state index is 12.7. The maximum Gasteiger partial charge on any atom is 0.274 e. The van der Waals surface area contributed by atoms with Crippen LogP contribution in [0.4, 0.5) is 5.82 Å². The van der Waals surface area contributed by atoms with Gasteiger partial charge < -0.3 is 10.2 Å². The van der Waals surface area contributed by atoms with E-state index in [1.165, 1.54) is 5.56 Å². The van der Waals surface area contributed by atoms with Crippen molar-refractivity contribution in [2.24, 2.45) is 0 Å². The molecule has 2 heterocycles. The molecule has 0 aliphatic carbocycles. The fourth-order valence-corrected chi connectivity index (χ4v) is 3.08. The molecule has 1 aliphatic heterocycles. The van der Waals surface area contributed by atoms with E-state index in [9.17, 15) is 4.79 Å². The predicted octanol–water partition coefficient (Wildman–Crippen LogP) is 3.16. The van der Waals surface area contributed by atoms with Crippen molar-refractivity contribution in [1.82, 2.24) is 19.8 Å². The molecule has 0 atom stereocenters. The van der Waals surface area contributed by atoms with E-state index in [0.717, 1.165) is 19.6 Å². The van der Waals surface area contributed by atoms with Crippen LogP contribution in [0.2, 0.25) is 0 Å². The molecule has 1 aromatic carbocycles. The molecule has 6 nitrogen and oxygen atoms in total. The first kappa shape index (κ1) is 20.0. The van der Waals surface area contributed by atoms with Crippen LogP contribution in [0.3, 0.4) is 0 Å². The van der Waals surface area contributed by atoms with Gasteiger partial charge >= 0.3 is 0 Å². The molecule has 0 saturated carbocycles. The highest BCUT2D eigenvalue weighted by atomic mass is 16.2. The number of benzene rings is 1. The number of carbonyl (C=O) groups is 1. The molecule has 148 valence electrons. The zero-order valence-electron chi connectivity index (χ0n) is 16.9. The molecule has 1 amide bonds. The number of anilines is 1. The lowest BCUT2D eigenvalue weighted by Crippen LogP contribution is -2.48. The average Bonchev–Trinajstić information content (AvgIpc) is 2.68. The number of hydrogen-bond donors (Lipinski definition) is 1. The first-order chi connectivity index (χ1) is 13.4. The summed E-state index contributed by atoms with van der Waals surface area (Å²) in [6.07, 6.45) is 7.51. The first-order valence-corrected chi connectivity index (χ1v) is 9.74. The molecule has 1 saturated heterocycles. The molecular formula is C22H29N5O. The van der Waals surface area contributed by atoms with Crippen molar-refractivity contribution in [1.29, 1.82) is 0 Å². The molecule has 3 rings (SSSR count). The molecule has 1 aliphatic rings. The van der Waals surface area contributed by atoms with Gasteiger partial charge in [0.05, 0.1) is 12.4 Å². The van der Waals surface area contributed by atoms with Gasteiger partial charge in [-0.1, -0.05) is 42.5 Å². The van der Waals surface area contributed by atoms with E-state index >= 15 is 0 Å². The third kappa shape index (κ3) is 5.89. The van der Waals surface area contributed by atoms with Crippen LogP contribution in [-0.2, 0) is 0 Å². The largest absolute Gasteiger partial charge is 0.364 e. The van der Waals surface area contributed by atoms with Crippen molar-refractivity contribution in [2.75, 3.05) is 38.0 Å². The summed E-state index contributed by atoms with van der Waals surface area (Å²) in [5, 5.41) is 3.25. The molecule has 1 aromatic heterocycles. The second-order valence-corrected chi connectivity index (χ2v) is 8.07. The topological polar surface area (TPSA) is 61.4 Å². The quantitative estimate of drug-likeness (QED) is 0.865. The van der Waals surface area contributed by atoms with Crippen molar-refractivity contribution in [3.05, 3.63) is 60.1 Å². The van der Waals surface area contributed by atoms with Gasteiger partial charge in [0.25, 0.3) is 5.91 Å². The van der Waals surface area contributed by atoms with Gasteiger partial charge in [0, 0.05) is 38.3 Å². The number of rotatable bonds is 5.